The van der Waals surface area contributed by atoms with Crippen molar-refractivity contribution in [2.45, 2.75) is 19.0 Å². The lowest BCUT2D eigenvalue weighted by Gasteiger charge is -2.19. The third-order valence-corrected chi connectivity index (χ3v) is 5.90. The summed E-state index contributed by atoms with van der Waals surface area (Å²) in [6.45, 7) is 1.83. The quantitative estimate of drug-likeness (QED) is 0.516. The van der Waals surface area contributed by atoms with E-state index in [0.29, 0.717) is 19.6 Å². The van der Waals surface area contributed by atoms with Gasteiger partial charge in [-0.15, -0.1) is 0 Å². The molecule has 0 aliphatic carbocycles. The predicted octanol–water partition coefficient (Wildman–Crippen LogP) is 4.26. The van der Waals surface area contributed by atoms with Crippen LogP contribution in [0.2, 0.25) is 0 Å². The van der Waals surface area contributed by atoms with Crippen LogP contribution < -0.4 is 10.1 Å². The molecule has 2 amide bonds. The summed E-state index contributed by atoms with van der Waals surface area (Å²) in [5, 5.41) is 3.04. The van der Waals surface area contributed by atoms with Gasteiger partial charge in [0.2, 0.25) is 0 Å². The molecule has 1 aliphatic heterocycles. The van der Waals surface area contributed by atoms with Gasteiger partial charge < -0.3 is 19.5 Å². The maximum Gasteiger partial charge on any atom is 0.317 e. The van der Waals surface area contributed by atoms with Gasteiger partial charge in [-0.1, -0.05) is 30.3 Å². The average molecular weight is 428 g/mol. The van der Waals surface area contributed by atoms with E-state index in [4.69, 9.17) is 9.72 Å². The summed E-state index contributed by atoms with van der Waals surface area (Å²) < 4.78 is 7.48. The summed E-state index contributed by atoms with van der Waals surface area (Å²) in [5.41, 5.74) is 3.78. The number of ether oxygens (including phenoxy) is 1. The third-order valence-electron chi connectivity index (χ3n) is 5.90. The minimum atomic E-state index is -0.0419. The van der Waals surface area contributed by atoms with Crippen molar-refractivity contribution in [3.63, 3.8) is 0 Å². The molecule has 7 heteroatoms. The lowest BCUT2D eigenvalue weighted by molar-refractivity contribution is 0.207. The average Bonchev–Trinajstić information content (AvgIpc) is 3.48. The van der Waals surface area contributed by atoms with E-state index in [0.717, 1.165) is 40.3 Å². The number of fused-ring (bicyclic) bond motifs is 1. The number of amides is 2. The first kappa shape index (κ1) is 20.1. The maximum absolute atomic E-state index is 12.8. The number of carbonyl (C=O) groups excluding carboxylic acids is 1. The Morgan fingerprint density at radius 2 is 1.91 bits per heavy atom. The minimum absolute atomic E-state index is 0.0419. The Bertz CT molecular complexity index is 1220. The minimum Gasteiger partial charge on any atom is -0.497 e. The number of urea groups is 1. The van der Waals surface area contributed by atoms with E-state index >= 15 is 0 Å². The van der Waals surface area contributed by atoms with Gasteiger partial charge in [-0.3, -0.25) is 0 Å². The number of rotatable bonds is 5. The molecular formula is C25H25N5O2. The van der Waals surface area contributed by atoms with Crippen molar-refractivity contribution in [1.82, 2.24) is 24.8 Å². The van der Waals surface area contributed by atoms with Crippen LogP contribution in [0, 0.1) is 0 Å². The van der Waals surface area contributed by atoms with Crippen LogP contribution in [0.1, 0.15) is 18.0 Å². The predicted molar refractivity (Wildman–Crippen MR) is 123 cm³/mol. The molecule has 1 atom stereocenters. The molecule has 7 nitrogen and oxygen atoms in total. The molecule has 3 heterocycles. The normalized spacial score (nSPS) is 15.8. The van der Waals surface area contributed by atoms with Gasteiger partial charge in [0.25, 0.3) is 0 Å². The standard InChI is InChI=1S/C25H25N5O2/c1-32-21-11-9-19(10-12-21)23-28-22-8-5-14-26-24(22)30(23)20-13-15-29(17-20)25(31)27-16-18-6-3-2-4-7-18/h2-12,14,20H,13,15-17H2,1H3,(H,27,31)/t20-/m1/s1. The number of hydrogen-bond acceptors (Lipinski definition) is 4. The van der Waals surface area contributed by atoms with Crippen LogP contribution in [0.25, 0.3) is 22.6 Å². The van der Waals surface area contributed by atoms with Crippen molar-refractivity contribution < 1.29 is 9.53 Å². The van der Waals surface area contributed by atoms with Crippen molar-refractivity contribution in [3.8, 4) is 17.1 Å². The molecule has 1 aliphatic rings. The van der Waals surface area contributed by atoms with E-state index in [2.05, 4.69) is 14.9 Å². The third kappa shape index (κ3) is 3.89. The lowest BCUT2D eigenvalue weighted by Crippen LogP contribution is -2.38. The fourth-order valence-electron chi connectivity index (χ4n) is 4.24. The summed E-state index contributed by atoms with van der Waals surface area (Å²) in [6.07, 6.45) is 2.64. The van der Waals surface area contributed by atoms with Crippen molar-refractivity contribution in [3.05, 3.63) is 78.5 Å². The van der Waals surface area contributed by atoms with E-state index in [1.54, 1.807) is 13.3 Å². The van der Waals surface area contributed by atoms with E-state index < -0.39 is 0 Å². The molecular weight excluding hydrogens is 402 g/mol. The Morgan fingerprint density at radius 3 is 2.69 bits per heavy atom. The molecule has 1 saturated heterocycles. The number of carbonyl (C=O) groups is 1. The molecule has 5 rings (SSSR count). The first-order valence-electron chi connectivity index (χ1n) is 10.8. The number of nitrogens with one attached hydrogen (secondary N) is 1. The van der Waals surface area contributed by atoms with Gasteiger partial charge in [-0.2, -0.15) is 0 Å². The van der Waals surface area contributed by atoms with Crippen LogP contribution in [0.3, 0.4) is 0 Å². The Labute approximate surface area is 186 Å². The van der Waals surface area contributed by atoms with E-state index in [1.807, 2.05) is 71.6 Å². The Hall–Kier alpha value is -3.87. The summed E-state index contributed by atoms with van der Waals surface area (Å²) in [7, 11) is 1.66. The van der Waals surface area contributed by atoms with Crippen LogP contribution in [0.5, 0.6) is 5.75 Å². The van der Waals surface area contributed by atoms with Gasteiger partial charge in [-0.05, 0) is 48.4 Å². The molecule has 0 saturated carbocycles. The molecule has 0 spiro atoms. The number of imidazole rings is 1. The van der Waals surface area contributed by atoms with Crippen LogP contribution in [0.15, 0.2) is 72.9 Å². The largest absolute Gasteiger partial charge is 0.497 e. The number of methoxy groups -OCH3 is 1. The number of aromatic nitrogens is 3. The SMILES string of the molecule is COc1ccc(-c2nc3cccnc3n2[C@@H]2CCN(C(=O)NCc3ccccc3)C2)cc1. The van der Waals surface area contributed by atoms with Gasteiger partial charge in [-0.25, -0.2) is 14.8 Å². The molecule has 2 aromatic heterocycles. The van der Waals surface area contributed by atoms with Gasteiger partial charge in [0.1, 0.15) is 17.1 Å². The van der Waals surface area contributed by atoms with E-state index in [-0.39, 0.29) is 12.1 Å². The molecule has 4 aromatic rings. The molecule has 0 radical (unpaired) electrons. The first-order chi connectivity index (χ1) is 15.7. The number of hydrogen-bond donors (Lipinski definition) is 1. The van der Waals surface area contributed by atoms with Crippen molar-refractivity contribution >= 4 is 17.2 Å². The highest BCUT2D eigenvalue weighted by Crippen LogP contribution is 2.32. The summed E-state index contributed by atoms with van der Waals surface area (Å²) >= 11 is 0. The topological polar surface area (TPSA) is 72.3 Å². The van der Waals surface area contributed by atoms with Crippen molar-refractivity contribution in [2.75, 3.05) is 20.2 Å². The molecule has 32 heavy (non-hydrogen) atoms. The zero-order valence-electron chi connectivity index (χ0n) is 17.9. The molecule has 1 N–H and O–H groups in total. The van der Waals surface area contributed by atoms with Crippen LogP contribution in [-0.4, -0.2) is 45.7 Å². The smallest absolute Gasteiger partial charge is 0.317 e. The van der Waals surface area contributed by atoms with Gasteiger partial charge in [0.05, 0.1) is 13.2 Å². The highest BCUT2D eigenvalue weighted by Gasteiger charge is 2.30. The fourth-order valence-corrected chi connectivity index (χ4v) is 4.24. The Balaban J connectivity index is 1.39. The first-order valence-corrected chi connectivity index (χ1v) is 10.8. The van der Waals surface area contributed by atoms with Gasteiger partial charge in [0, 0.05) is 31.4 Å². The molecule has 1 fully saturated rings. The molecule has 162 valence electrons. The van der Waals surface area contributed by atoms with Crippen LogP contribution in [0.4, 0.5) is 4.79 Å². The highest BCUT2D eigenvalue weighted by molar-refractivity contribution is 5.78. The molecule has 0 unspecified atom stereocenters. The van der Waals surface area contributed by atoms with E-state index in [1.165, 1.54) is 0 Å². The zero-order valence-corrected chi connectivity index (χ0v) is 17.9. The number of pyridine rings is 1. The fraction of sp³-hybridized carbons (Fsp3) is 0.240. The Morgan fingerprint density at radius 1 is 1.09 bits per heavy atom. The highest BCUT2D eigenvalue weighted by atomic mass is 16.5. The second-order valence-corrected chi connectivity index (χ2v) is 7.91. The Kier molecular flexibility index (Phi) is 5.46. The van der Waals surface area contributed by atoms with Gasteiger partial charge >= 0.3 is 6.03 Å². The van der Waals surface area contributed by atoms with Crippen molar-refractivity contribution in [1.29, 1.82) is 0 Å². The maximum atomic E-state index is 12.8. The van der Waals surface area contributed by atoms with Crippen LogP contribution >= 0.6 is 0 Å². The van der Waals surface area contributed by atoms with Crippen molar-refractivity contribution in [2.24, 2.45) is 0 Å². The monoisotopic (exact) mass is 427 g/mol. The second kappa shape index (κ2) is 8.70. The van der Waals surface area contributed by atoms with E-state index in [9.17, 15) is 4.79 Å². The van der Waals surface area contributed by atoms with Crippen LogP contribution in [-0.2, 0) is 6.54 Å². The second-order valence-electron chi connectivity index (χ2n) is 7.91. The lowest BCUT2D eigenvalue weighted by atomic mass is 10.2. The molecule has 2 aromatic carbocycles. The number of likely N-dealkylation sites (tertiary alicyclic amines) is 1. The number of benzene rings is 2. The summed E-state index contributed by atoms with van der Waals surface area (Å²) in [5.74, 6) is 1.66. The molecule has 0 bridgehead atoms. The summed E-state index contributed by atoms with van der Waals surface area (Å²) in [4.78, 5) is 24.1. The van der Waals surface area contributed by atoms with Gasteiger partial charge in [0.15, 0.2) is 5.65 Å². The zero-order chi connectivity index (χ0) is 21.9. The summed E-state index contributed by atoms with van der Waals surface area (Å²) in [6, 6.07) is 21.8. The number of nitrogens with zero attached hydrogens (tertiary/aromatic N) is 4.